The Morgan fingerprint density at radius 2 is 1.70 bits per heavy atom. The minimum Gasteiger partial charge on any atom is -0.460 e. The summed E-state index contributed by atoms with van der Waals surface area (Å²) in [5, 5.41) is 5.16. The minimum absolute atomic E-state index is 0.0128. The van der Waals surface area contributed by atoms with Gasteiger partial charge in [-0.15, -0.1) is 0 Å². The van der Waals surface area contributed by atoms with E-state index in [9.17, 15) is 9.18 Å². The van der Waals surface area contributed by atoms with E-state index in [4.69, 9.17) is 4.74 Å². The summed E-state index contributed by atoms with van der Waals surface area (Å²) in [7, 11) is 0. The summed E-state index contributed by atoms with van der Waals surface area (Å²) in [5.41, 5.74) is 0.700. The summed E-state index contributed by atoms with van der Waals surface area (Å²) in [6, 6.07) is 14.0. The number of aromatic nitrogens is 2. The van der Waals surface area contributed by atoms with E-state index in [-0.39, 0.29) is 24.1 Å². The molecule has 1 aliphatic rings. The van der Waals surface area contributed by atoms with Crippen molar-refractivity contribution in [1.29, 1.82) is 0 Å². The Morgan fingerprint density at radius 1 is 1.00 bits per heavy atom. The Labute approximate surface area is 156 Å². The van der Waals surface area contributed by atoms with E-state index in [1.807, 2.05) is 42.5 Å². The molecule has 138 valence electrons. The number of nitrogens with zero attached hydrogens (tertiary/aromatic N) is 2. The number of benzene rings is 2. The van der Waals surface area contributed by atoms with Gasteiger partial charge in [0, 0.05) is 11.6 Å². The largest absolute Gasteiger partial charge is 0.460 e. The van der Waals surface area contributed by atoms with Crippen molar-refractivity contribution in [3.05, 3.63) is 66.2 Å². The lowest BCUT2D eigenvalue weighted by Gasteiger charge is -2.29. The third-order valence-electron chi connectivity index (χ3n) is 4.91. The first-order chi connectivity index (χ1) is 13.2. The number of hydrogen-bond acceptors (Lipinski definition) is 4. The SMILES string of the molecule is O=C(NC1CCC(Oc2ncc(F)cn2)CC1)c1cccc2ccccc12. The van der Waals surface area contributed by atoms with E-state index >= 15 is 0 Å². The van der Waals surface area contributed by atoms with Crippen molar-refractivity contribution in [3.8, 4) is 6.01 Å². The number of amides is 1. The second kappa shape index (κ2) is 7.70. The van der Waals surface area contributed by atoms with Crippen molar-refractivity contribution in [2.24, 2.45) is 0 Å². The summed E-state index contributed by atoms with van der Waals surface area (Å²) in [4.78, 5) is 20.4. The zero-order chi connectivity index (χ0) is 18.6. The number of hydrogen-bond donors (Lipinski definition) is 1. The lowest BCUT2D eigenvalue weighted by Crippen LogP contribution is -2.39. The summed E-state index contributed by atoms with van der Waals surface area (Å²) in [5.74, 6) is -0.528. The van der Waals surface area contributed by atoms with E-state index in [2.05, 4.69) is 15.3 Å². The second-order valence-corrected chi connectivity index (χ2v) is 6.78. The molecule has 27 heavy (non-hydrogen) atoms. The van der Waals surface area contributed by atoms with E-state index in [1.165, 1.54) is 0 Å². The smallest absolute Gasteiger partial charge is 0.316 e. The van der Waals surface area contributed by atoms with Crippen LogP contribution in [0.3, 0.4) is 0 Å². The molecule has 5 nitrogen and oxygen atoms in total. The van der Waals surface area contributed by atoms with Gasteiger partial charge in [-0.2, -0.15) is 0 Å². The van der Waals surface area contributed by atoms with Crippen LogP contribution in [0.4, 0.5) is 4.39 Å². The van der Waals surface area contributed by atoms with E-state index in [0.717, 1.165) is 48.8 Å². The number of nitrogens with one attached hydrogen (secondary N) is 1. The van der Waals surface area contributed by atoms with Gasteiger partial charge in [0.25, 0.3) is 5.91 Å². The van der Waals surface area contributed by atoms with Crippen LogP contribution in [0.1, 0.15) is 36.0 Å². The van der Waals surface area contributed by atoms with Gasteiger partial charge in [0.2, 0.25) is 0 Å². The molecule has 0 saturated heterocycles. The summed E-state index contributed by atoms with van der Waals surface area (Å²) in [6.45, 7) is 0. The molecule has 1 saturated carbocycles. The van der Waals surface area contributed by atoms with Gasteiger partial charge in [0.1, 0.15) is 6.10 Å². The standard InChI is InChI=1S/C21H20FN3O2/c22-15-12-23-21(24-13-15)27-17-10-8-16(9-11-17)25-20(26)19-7-3-5-14-4-1-2-6-18(14)19/h1-7,12-13,16-17H,8-11H2,(H,25,26). The van der Waals surface area contributed by atoms with Crippen LogP contribution in [-0.2, 0) is 0 Å². The van der Waals surface area contributed by atoms with Gasteiger partial charge in [-0.3, -0.25) is 4.79 Å². The summed E-state index contributed by atoms with van der Waals surface area (Å²) < 4.78 is 18.6. The molecule has 3 aromatic rings. The highest BCUT2D eigenvalue weighted by Crippen LogP contribution is 2.23. The van der Waals surface area contributed by atoms with Crippen molar-refractivity contribution in [1.82, 2.24) is 15.3 Å². The van der Waals surface area contributed by atoms with Gasteiger partial charge in [-0.05, 0) is 42.5 Å². The molecule has 1 N–H and O–H groups in total. The number of ether oxygens (including phenoxy) is 1. The lowest BCUT2D eigenvalue weighted by molar-refractivity contribution is 0.0886. The predicted molar refractivity (Wildman–Crippen MR) is 100 cm³/mol. The highest BCUT2D eigenvalue weighted by Gasteiger charge is 2.25. The fourth-order valence-electron chi connectivity index (χ4n) is 3.52. The number of halogens is 1. The van der Waals surface area contributed by atoms with Crippen LogP contribution in [0.25, 0.3) is 10.8 Å². The molecule has 4 rings (SSSR count). The van der Waals surface area contributed by atoms with Gasteiger partial charge >= 0.3 is 6.01 Å². The van der Waals surface area contributed by atoms with Crippen molar-refractivity contribution in [2.75, 3.05) is 0 Å². The maximum Gasteiger partial charge on any atom is 0.316 e. The Hall–Kier alpha value is -3.02. The van der Waals surface area contributed by atoms with Gasteiger partial charge < -0.3 is 10.1 Å². The Bertz CT molecular complexity index is 932. The van der Waals surface area contributed by atoms with E-state index < -0.39 is 5.82 Å². The molecule has 1 fully saturated rings. The number of carbonyl (C=O) groups excluding carboxylic acids is 1. The van der Waals surface area contributed by atoms with Crippen LogP contribution in [-0.4, -0.2) is 28.0 Å². The van der Waals surface area contributed by atoms with Gasteiger partial charge in [-0.25, -0.2) is 14.4 Å². The second-order valence-electron chi connectivity index (χ2n) is 6.78. The first kappa shape index (κ1) is 17.4. The number of fused-ring (bicyclic) bond motifs is 1. The average Bonchev–Trinajstić information content (AvgIpc) is 2.71. The summed E-state index contributed by atoms with van der Waals surface area (Å²) >= 11 is 0. The van der Waals surface area contributed by atoms with E-state index in [0.29, 0.717) is 5.56 Å². The number of rotatable bonds is 4. The van der Waals surface area contributed by atoms with Gasteiger partial charge in [0.05, 0.1) is 12.4 Å². The quantitative estimate of drug-likeness (QED) is 0.762. The molecule has 1 aliphatic carbocycles. The molecule has 0 unspecified atom stereocenters. The van der Waals surface area contributed by atoms with Crippen LogP contribution >= 0.6 is 0 Å². The van der Waals surface area contributed by atoms with Crippen LogP contribution in [0.5, 0.6) is 6.01 Å². The van der Waals surface area contributed by atoms with Gasteiger partial charge in [0.15, 0.2) is 5.82 Å². The predicted octanol–water partition coefficient (Wildman–Crippen LogP) is 3.89. The van der Waals surface area contributed by atoms with Crippen LogP contribution in [0.15, 0.2) is 54.9 Å². The lowest BCUT2D eigenvalue weighted by atomic mass is 9.92. The topological polar surface area (TPSA) is 64.1 Å². The highest BCUT2D eigenvalue weighted by atomic mass is 19.1. The molecular weight excluding hydrogens is 345 g/mol. The molecule has 1 heterocycles. The molecule has 2 aromatic carbocycles. The first-order valence-electron chi connectivity index (χ1n) is 9.12. The molecule has 0 aliphatic heterocycles. The van der Waals surface area contributed by atoms with Crippen LogP contribution in [0, 0.1) is 5.82 Å². The fraction of sp³-hybridized carbons (Fsp3) is 0.286. The summed E-state index contributed by atoms with van der Waals surface area (Å²) in [6.07, 6.45) is 5.41. The zero-order valence-corrected chi connectivity index (χ0v) is 14.8. The average molecular weight is 365 g/mol. The van der Waals surface area contributed by atoms with Crippen LogP contribution < -0.4 is 10.1 Å². The molecule has 1 aromatic heterocycles. The molecular formula is C21H20FN3O2. The van der Waals surface area contributed by atoms with Crippen molar-refractivity contribution >= 4 is 16.7 Å². The molecule has 0 spiro atoms. The highest BCUT2D eigenvalue weighted by molar-refractivity contribution is 6.07. The van der Waals surface area contributed by atoms with Gasteiger partial charge in [-0.1, -0.05) is 36.4 Å². The molecule has 0 atom stereocenters. The Kier molecular flexibility index (Phi) is 4.96. The molecule has 0 radical (unpaired) electrons. The Morgan fingerprint density at radius 3 is 2.48 bits per heavy atom. The first-order valence-corrected chi connectivity index (χ1v) is 9.12. The molecule has 1 amide bonds. The van der Waals surface area contributed by atoms with Crippen LogP contribution in [0.2, 0.25) is 0 Å². The van der Waals surface area contributed by atoms with Crippen molar-refractivity contribution in [2.45, 2.75) is 37.8 Å². The normalized spacial score (nSPS) is 19.6. The van der Waals surface area contributed by atoms with E-state index in [1.54, 1.807) is 0 Å². The minimum atomic E-state index is -0.484. The molecule has 6 heteroatoms. The maximum atomic E-state index is 12.9. The van der Waals surface area contributed by atoms with Crippen molar-refractivity contribution in [3.63, 3.8) is 0 Å². The third kappa shape index (κ3) is 4.05. The number of carbonyl (C=O) groups is 1. The Balaban J connectivity index is 1.34. The molecule has 0 bridgehead atoms. The zero-order valence-electron chi connectivity index (χ0n) is 14.8. The third-order valence-corrected chi connectivity index (χ3v) is 4.91. The monoisotopic (exact) mass is 365 g/mol. The van der Waals surface area contributed by atoms with Crippen molar-refractivity contribution < 1.29 is 13.9 Å². The maximum absolute atomic E-state index is 12.9. The fourth-order valence-corrected chi connectivity index (χ4v) is 3.52.